The van der Waals surface area contributed by atoms with Crippen molar-refractivity contribution in [1.29, 1.82) is 0 Å². The largest absolute Gasteiger partial charge is 0.504 e. The van der Waals surface area contributed by atoms with E-state index in [1.165, 1.54) is 42.1 Å². The van der Waals surface area contributed by atoms with Gasteiger partial charge in [0.05, 0.1) is 21.7 Å². The molecule has 0 saturated carbocycles. The van der Waals surface area contributed by atoms with Crippen LogP contribution in [0.4, 0.5) is 0 Å². The number of carbonyl (C=O) groups is 1. The third-order valence-electron chi connectivity index (χ3n) is 4.38. The molecule has 3 aromatic rings. The number of ketones is 1. The van der Waals surface area contributed by atoms with Crippen molar-refractivity contribution in [3.05, 3.63) is 42.0 Å². The van der Waals surface area contributed by atoms with Crippen molar-refractivity contribution < 1.29 is 23.4 Å². The molecule has 3 rings (SSSR count). The van der Waals surface area contributed by atoms with Crippen LogP contribution >= 0.6 is 11.8 Å². The van der Waals surface area contributed by atoms with E-state index in [-0.39, 0.29) is 33.5 Å². The predicted octanol–water partition coefficient (Wildman–Crippen LogP) is 2.87. The smallest absolute Gasteiger partial charge is 0.238 e. The first-order valence-corrected chi connectivity index (χ1v) is 11.4. The third-order valence-corrected chi connectivity index (χ3v) is 6.27. The number of hydrogen-bond donors (Lipinski definition) is 3. The number of carbonyl (C=O) groups excluding carboxylic acids is 1. The number of primary sulfonamides is 1. The Hall–Kier alpha value is -2.56. The van der Waals surface area contributed by atoms with Crippen LogP contribution in [-0.4, -0.2) is 39.7 Å². The Labute approximate surface area is 172 Å². The Kier molecular flexibility index (Phi) is 6.15. The maximum atomic E-state index is 12.5. The molecule has 4 N–H and O–H groups in total. The van der Waals surface area contributed by atoms with Gasteiger partial charge >= 0.3 is 0 Å². The van der Waals surface area contributed by atoms with Gasteiger partial charge in [-0.2, -0.15) is 0 Å². The number of phenolic OH excluding ortho intramolecular Hbond substituents is 2. The summed E-state index contributed by atoms with van der Waals surface area (Å²) in [7, 11) is -3.84. The number of thioether (sulfide) groups is 1. The summed E-state index contributed by atoms with van der Waals surface area (Å²) in [6.07, 6.45) is 1.86. The molecule has 2 aromatic carbocycles. The summed E-state index contributed by atoms with van der Waals surface area (Å²) in [6, 6.07) is 8.46. The van der Waals surface area contributed by atoms with Crippen LogP contribution in [0.25, 0.3) is 11.0 Å². The number of fused-ring (bicyclic) bond motifs is 1. The molecule has 0 atom stereocenters. The number of phenols is 2. The average molecular weight is 436 g/mol. The fraction of sp³-hybridized carbons (Fsp3) is 0.263. The van der Waals surface area contributed by atoms with Gasteiger partial charge in [0.2, 0.25) is 10.0 Å². The third kappa shape index (κ3) is 4.72. The predicted molar refractivity (Wildman–Crippen MR) is 111 cm³/mol. The quantitative estimate of drug-likeness (QED) is 0.281. The van der Waals surface area contributed by atoms with Crippen LogP contribution in [0.1, 0.15) is 30.1 Å². The van der Waals surface area contributed by atoms with E-state index < -0.39 is 10.0 Å². The number of nitrogens with two attached hydrogens (primary N) is 1. The lowest BCUT2D eigenvalue weighted by Crippen LogP contribution is -2.11. The molecule has 0 radical (unpaired) electrons. The zero-order chi connectivity index (χ0) is 21.2. The van der Waals surface area contributed by atoms with Gasteiger partial charge in [-0.15, -0.1) is 0 Å². The molecule has 0 aliphatic heterocycles. The van der Waals surface area contributed by atoms with Gasteiger partial charge in [-0.25, -0.2) is 18.5 Å². The number of rotatable bonds is 8. The topological polar surface area (TPSA) is 136 Å². The van der Waals surface area contributed by atoms with Crippen LogP contribution < -0.4 is 5.14 Å². The first-order valence-electron chi connectivity index (χ1n) is 8.91. The molecule has 154 valence electrons. The molecule has 0 fully saturated rings. The number of nitrogens with zero attached hydrogens (tertiary/aromatic N) is 2. The fourth-order valence-corrected chi connectivity index (χ4v) is 4.29. The Morgan fingerprint density at radius 1 is 1.17 bits per heavy atom. The van der Waals surface area contributed by atoms with Crippen molar-refractivity contribution in [3.63, 3.8) is 0 Å². The second kappa shape index (κ2) is 8.44. The summed E-state index contributed by atoms with van der Waals surface area (Å²) in [5, 5.41) is 24.8. The molecule has 8 nitrogen and oxygen atoms in total. The van der Waals surface area contributed by atoms with Crippen LogP contribution in [-0.2, 0) is 16.6 Å². The highest BCUT2D eigenvalue weighted by Crippen LogP contribution is 2.29. The van der Waals surface area contributed by atoms with Crippen LogP contribution in [0.3, 0.4) is 0 Å². The summed E-state index contributed by atoms with van der Waals surface area (Å²) in [4.78, 5) is 16.9. The van der Waals surface area contributed by atoms with Gasteiger partial charge in [-0.1, -0.05) is 25.1 Å². The summed E-state index contributed by atoms with van der Waals surface area (Å²) in [5.41, 5.74) is 1.54. The molecular formula is C19H21N3O5S2. The highest BCUT2D eigenvalue weighted by atomic mass is 32.2. The van der Waals surface area contributed by atoms with Crippen molar-refractivity contribution in [3.8, 4) is 11.5 Å². The number of imidazole rings is 1. The van der Waals surface area contributed by atoms with Gasteiger partial charge in [0, 0.05) is 12.1 Å². The number of aromatic hydroxyl groups is 2. The van der Waals surface area contributed by atoms with Gasteiger partial charge in [0.15, 0.2) is 22.4 Å². The summed E-state index contributed by atoms with van der Waals surface area (Å²) in [6.45, 7) is 2.74. The number of sulfonamides is 1. The number of benzene rings is 2. The van der Waals surface area contributed by atoms with E-state index in [4.69, 9.17) is 5.14 Å². The lowest BCUT2D eigenvalue weighted by molar-refractivity contribution is 0.102. The maximum absolute atomic E-state index is 12.5. The summed E-state index contributed by atoms with van der Waals surface area (Å²) < 4.78 is 25.2. The number of Topliss-reactive ketones (excluding diaryl/α,β-unsaturated/α-hetero) is 1. The lowest BCUT2D eigenvalue weighted by Gasteiger charge is -2.08. The molecule has 0 saturated heterocycles. The first-order chi connectivity index (χ1) is 13.7. The monoisotopic (exact) mass is 435 g/mol. The van der Waals surface area contributed by atoms with Crippen molar-refractivity contribution in [2.24, 2.45) is 5.14 Å². The summed E-state index contributed by atoms with van der Waals surface area (Å²) in [5.74, 6) is -0.806. The molecule has 0 amide bonds. The van der Waals surface area contributed by atoms with Gasteiger partial charge in [-0.3, -0.25) is 4.79 Å². The maximum Gasteiger partial charge on any atom is 0.238 e. The van der Waals surface area contributed by atoms with E-state index in [2.05, 4.69) is 11.9 Å². The first kappa shape index (κ1) is 21.2. The van der Waals surface area contributed by atoms with Crippen LogP contribution in [0.5, 0.6) is 11.5 Å². The van der Waals surface area contributed by atoms with Crippen molar-refractivity contribution >= 4 is 38.6 Å². The van der Waals surface area contributed by atoms with Crippen molar-refractivity contribution in [2.75, 3.05) is 5.75 Å². The number of hydrogen-bond acceptors (Lipinski definition) is 7. The lowest BCUT2D eigenvalue weighted by atomic mass is 10.1. The van der Waals surface area contributed by atoms with E-state index >= 15 is 0 Å². The molecule has 0 aliphatic carbocycles. The van der Waals surface area contributed by atoms with E-state index in [0.717, 1.165) is 18.4 Å². The second-order valence-electron chi connectivity index (χ2n) is 6.51. The Balaban J connectivity index is 1.90. The highest BCUT2D eigenvalue weighted by molar-refractivity contribution is 7.99. The molecule has 0 aliphatic rings. The van der Waals surface area contributed by atoms with E-state index in [1.54, 1.807) is 6.07 Å². The van der Waals surface area contributed by atoms with Gasteiger partial charge in [0.1, 0.15) is 0 Å². The molecular weight excluding hydrogens is 414 g/mol. The minimum atomic E-state index is -3.84. The zero-order valence-electron chi connectivity index (χ0n) is 15.7. The molecule has 0 spiro atoms. The summed E-state index contributed by atoms with van der Waals surface area (Å²) >= 11 is 1.23. The van der Waals surface area contributed by atoms with E-state index in [0.29, 0.717) is 17.2 Å². The Bertz CT molecular complexity index is 1170. The average Bonchev–Trinajstić information content (AvgIpc) is 3.02. The standard InChI is InChI=1S/C19H21N3O5S2/c1-2-3-8-22-15-6-5-13(29(20,26)27)10-14(15)21-19(22)28-11-18(25)12-4-7-16(23)17(24)9-12/h4-7,9-10,23-24H,2-3,8,11H2,1H3,(H2,20,26,27). The normalized spacial score (nSPS) is 11.8. The Morgan fingerprint density at radius 3 is 2.59 bits per heavy atom. The van der Waals surface area contributed by atoms with Crippen LogP contribution in [0.2, 0.25) is 0 Å². The number of aryl methyl sites for hydroxylation is 1. The molecule has 0 bridgehead atoms. The van der Waals surface area contributed by atoms with Gasteiger partial charge in [0.25, 0.3) is 0 Å². The van der Waals surface area contributed by atoms with Gasteiger partial charge in [-0.05, 0) is 42.8 Å². The number of aromatic nitrogens is 2. The molecule has 1 heterocycles. The van der Waals surface area contributed by atoms with Gasteiger partial charge < -0.3 is 14.8 Å². The fourth-order valence-electron chi connectivity index (χ4n) is 2.82. The van der Waals surface area contributed by atoms with Crippen LogP contribution in [0, 0.1) is 0 Å². The molecule has 0 unspecified atom stereocenters. The van der Waals surface area contributed by atoms with Crippen molar-refractivity contribution in [1.82, 2.24) is 9.55 Å². The SMILES string of the molecule is CCCCn1c(SCC(=O)c2ccc(O)c(O)c2)nc2cc(S(N)(=O)=O)ccc21. The molecule has 1 aromatic heterocycles. The zero-order valence-corrected chi connectivity index (χ0v) is 17.3. The molecule has 10 heteroatoms. The van der Waals surface area contributed by atoms with E-state index in [9.17, 15) is 23.4 Å². The van der Waals surface area contributed by atoms with Crippen molar-refractivity contribution in [2.45, 2.75) is 36.4 Å². The minimum Gasteiger partial charge on any atom is -0.504 e. The highest BCUT2D eigenvalue weighted by Gasteiger charge is 2.17. The molecule has 29 heavy (non-hydrogen) atoms. The van der Waals surface area contributed by atoms with E-state index in [1.807, 2.05) is 4.57 Å². The Morgan fingerprint density at radius 2 is 1.93 bits per heavy atom. The minimum absolute atomic E-state index is 0.0164. The second-order valence-corrected chi connectivity index (χ2v) is 9.01. The number of unbranched alkanes of at least 4 members (excludes halogenated alkanes) is 1. The van der Waals surface area contributed by atoms with Crippen LogP contribution in [0.15, 0.2) is 46.5 Å².